The van der Waals surface area contributed by atoms with Crippen molar-refractivity contribution in [2.45, 2.75) is 77.3 Å². The Hall–Kier alpha value is -0.0400. The molecule has 3 aliphatic carbocycles. The van der Waals surface area contributed by atoms with Gasteiger partial charge in [-0.05, 0) is 62.2 Å². The van der Waals surface area contributed by atoms with Gasteiger partial charge < -0.3 is 5.32 Å². The van der Waals surface area contributed by atoms with Gasteiger partial charge in [0.2, 0.25) is 0 Å². The molecule has 0 aromatic rings. The molecule has 1 N–H and O–H groups in total. The number of hydrogen-bond acceptors (Lipinski definition) is 1. The minimum absolute atomic E-state index is 0.591. The standard InChI is InChI=1S/C15H27N/c1-15(2)9-3-4-13(10-15)16-14(11-5-6-11)12-7-8-12/h11-14,16H,3-10H2,1-2H3. The Labute approximate surface area is 100 Å². The van der Waals surface area contributed by atoms with Crippen molar-refractivity contribution in [3.05, 3.63) is 0 Å². The van der Waals surface area contributed by atoms with E-state index in [2.05, 4.69) is 19.2 Å². The largest absolute Gasteiger partial charge is 0.311 e. The minimum Gasteiger partial charge on any atom is -0.311 e. The fourth-order valence-corrected chi connectivity index (χ4v) is 3.68. The van der Waals surface area contributed by atoms with Crippen molar-refractivity contribution < 1.29 is 0 Å². The molecule has 0 amide bonds. The maximum Gasteiger partial charge on any atom is 0.0126 e. The first kappa shape index (κ1) is 11.1. The summed E-state index contributed by atoms with van der Waals surface area (Å²) < 4.78 is 0. The summed E-state index contributed by atoms with van der Waals surface area (Å²) in [5.74, 6) is 2.11. The molecule has 0 saturated heterocycles. The lowest BCUT2D eigenvalue weighted by molar-refractivity contribution is 0.181. The molecule has 3 rings (SSSR count). The second kappa shape index (κ2) is 4.01. The monoisotopic (exact) mass is 221 g/mol. The average molecular weight is 221 g/mol. The maximum atomic E-state index is 4.04. The van der Waals surface area contributed by atoms with E-state index in [1.165, 1.54) is 51.4 Å². The van der Waals surface area contributed by atoms with Crippen LogP contribution in [0, 0.1) is 17.3 Å². The first-order chi connectivity index (χ1) is 7.64. The molecule has 3 saturated carbocycles. The van der Waals surface area contributed by atoms with Crippen LogP contribution in [0.25, 0.3) is 0 Å². The molecule has 0 aromatic carbocycles. The van der Waals surface area contributed by atoms with Gasteiger partial charge in [-0.25, -0.2) is 0 Å². The van der Waals surface area contributed by atoms with Gasteiger partial charge in [-0.15, -0.1) is 0 Å². The molecule has 0 spiro atoms. The highest BCUT2D eigenvalue weighted by Crippen LogP contribution is 2.45. The zero-order valence-electron chi connectivity index (χ0n) is 11.0. The van der Waals surface area contributed by atoms with E-state index in [1.54, 1.807) is 0 Å². The van der Waals surface area contributed by atoms with Crippen LogP contribution in [0.5, 0.6) is 0 Å². The van der Waals surface area contributed by atoms with E-state index < -0.39 is 0 Å². The van der Waals surface area contributed by atoms with Crippen molar-refractivity contribution in [1.82, 2.24) is 5.32 Å². The first-order valence-corrected chi connectivity index (χ1v) is 7.40. The summed E-state index contributed by atoms with van der Waals surface area (Å²) in [7, 11) is 0. The van der Waals surface area contributed by atoms with Crippen molar-refractivity contribution in [2.75, 3.05) is 0 Å². The van der Waals surface area contributed by atoms with E-state index in [1.807, 2.05) is 0 Å². The summed E-state index contributed by atoms with van der Waals surface area (Å²) in [6.07, 6.45) is 11.7. The van der Waals surface area contributed by atoms with Crippen LogP contribution >= 0.6 is 0 Å². The Kier molecular flexibility index (Phi) is 2.78. The van der Waals surface area contributed by atoms with E-state index in [0.717, 1.165) is 23.9 Å². The zero-order chi connectivity index (χ0) is 11.2. The van der Waals surface area contributed by atoms with Gasteiger partial charge in [-0.2, -0.15) is 0 Å². The normalized spacial score (nSPS) is 34.3. The third kappa shape index (κ3) is 2.61. The van der Waals surface area contributed by atoms with Gasteiger partial charge >= 0.3 is 0 Å². The third-order valence-corrected chi connectivity index (χ3v) is 4.89. The summed E-state index contributed by atoms with van der Waals surface area (Å²) in [5, 5.41) is 4.04. The lowest BCUT2D eigenvalue weighted by Gasteiger charge is -2.37. The smallest absolute Gasteiger partial charge is 0.0126 e. The van der Waals surface area contributed by atoms with Crippen LogP contribution in [0.3, 0.4) is 0 Å². The van der Waals surface area contributed by atoms with Gasteiger partial charge in [0.05, 0.1) is 0 Å². The SMILES string of the molecule is CC1(C)CCCC(NC(C2CC2)C2CC2)C1. The molecule has 16 heavy (non-hydrogen) atoms. The summed E-state index contributed by atoms with van der Waals surface area (Å²) >= 11 is 0. The van der Waals surface area contributed by atoms with Crippen LogP contribution in [0.2, 0.25) is 0 Å². The van der Waals surface area contributed by atoms with E-state index >= 15 is 0 Å². The molecule has 0 radical (unpaired) electrons. The lowest BCUT2D eigenvalue weighted by atomic mass is 9.75. The van der Waals surface area contributed by atoms with Crippen molar-refractivity contribution >= 4 is 0 Å². The van der Waals surface area contributed by atoms with Crippen molar-refractivity contribution in [2.24, 2.45) is 17.3 Å². The topological polar surface area (TPSA) is 12.0 Å². The van der Waals surface area contributed by atoms with E-state index in [4.69, 9.17) is 0 Å². The molecule has 1 heteroatoms. The Balaban J connectivity index is 1.55. The van der Waals surface area contributed by atoms with Crippen LogP contribution in [0.4, 0.5) is 0 Å². The number of nitrogens with one attached hydrogen (secondary N) is 1. The third-order valence-electron chi connectivity index (χ3n) is 4.89. The highest BCUT2D eigenvalue weighted by atomic mass is 15.0. The van der Waals surface area contributed by atoms with Gasteiger partial charge in [0, 0.05) is 12.1 Å². The van der Waals surface area contributed by atoms with Crippen molar-refractivity contribution in [3.8, 4) is 0 Å². The molecule has 0 aliphatic heterocycles. The van der Waals surface area contributed by atoms with Crippen molar-refractivity contribution in [3.63, 3.8) is 0 Å². The van der Waals surface area contributed by atoms with Crippen molar-refractivity contribution in [1.29, 1.82) is 0 Å². The Bertz CT molecular complexity index is 238. The molecule has 92 valence electrons. The predicted octanol–water partition coefficient (Wildman–Crippen LogP) is 3.73. The fraction of sp³-hybridized carbons (Fsp3) is 1.00. The summed E-state index contributed by atoms with van der Waals surface area (Å²) in [5.41, 5.74) is 0.591. The zero-order valence-corrected chi connectivity index (χ0v) is 11.0. The quantitative estimate of drug-likeness (QED) is 0.762. The van der Waals surface area contributed by atoms with E-state index in [0.29, 0.717) is 5.41 Å². The summed E-state index contributed by atoms with van der Waals surface area (Å²) in [6.45, 7) is 4.90. The lowest BCUT2D eigenvalue weighted by Crippen LogP contribution is -2.45. The van der Waals surface area contributed by atoms with Crippen LogP contribution in [0.1, 0.15) is 65.2 Å². The van der Waals surface area contributed by atoms with Crippen LogP contribution in [0.15, 0.2) is 0 Å². The second-order valence-electron chi connectivity index (χ2n) is 7.32. The molecule has 3 aliphatic rings. The Morgan fingerprint density at radius 2 is 1.62 bits per heavy atom. The molecule has 3 fully saturated rings. The number of rotatable bonds is 4. The molecule has 0 bridgehead atoms. The van der Waals surface area contributed by atoms with E-state index in [9.17, 15) is 0 Å². The van der Waals surface area contributed by atoms with E-state index in [-0.39, 0.29) is 0 Å². The summed E-state index contributed by atoms with van der Waals surface area (Å²) in [6, 6.07) is 1.73. The minimum atomic E-state index is 0.591. The van der Waals surface area contributed by atoms with Gasteiger partial charge in [0.15, 0.2) is 0 Å². The van der Waals surface area contributed by atoms with Gasteiger partial charge in [-0.3, -0.25) is 0 Å². The molecule has 0 heterocycles. The predicted molar refractivity (Wildman–Crippen MR) is 68.4 cm³/mol. The molecule has 1 unspecified atom stereocenters. The van der Waals surface area contributed by atoms with Crippen LogP contribution < -0.4 is 5.32 Å². The van der Waals surface area contributed by atoms with Gasteiger partial charge in [-0.1, -0.05) is 20.3 Å². The maximum absolute atomic E-state index is 4.04. The molecular weight excluding hydrogens is 194 g/mol. The van der Waals surface area contributed by atoms with Crippen LogP contribution in [-0.2, 0) is 0 Å². The van der Waals surface area contributed by atoms with Gasteiger partial charge in [0.25, 0.3) is 0 Å². The van der Waals surface area contributed by atoms with Gasteiger partial charge in [0.1, 0.15) is 0 Å². The van der Waals surface area contributed by atoms with Crippen LogP contribution in [-0.4, -0.2) is 12.1 Å². The molecule has 1 atom stereocenters. The number of hydrogen-bond donors (Lipinski definition) is 1. The Morgan fingerprint density at radius 3 is 2.12 bits per heavy atom. The molecular formula is C15H27N. The first-order valence-electron chi connectivity index (χ1n) is 7.40. The second-order valence-corrected chi connectivity index (χ2v) is 7.32. The molecule has 0 aromatic heterocycles. The highest BCUT2D eigenvalue weighted by molar-refractivity contribution is 4.98. The Morgan fingerprint density at radius 1 is 1.00 bits per heavy atom. The average Bonchev–Trinajstić information content (AvgIpc) is 3.06. The summed E-state index contributed by atoms with van der Waals surface area (Å²) in [4.78, 5) is 0. The fourth-order valence-electron chi connectivity index (χ4n) is 3.68. The molecule has 1 nitrogen and oxygen atoms in total. The highest BCUT2D eigenvalue weighted by Gasteiger charge is 2.42.